The van der Waals surface area contributed by atoms with E-state index in [-0.39, 0.29) is 5.54 Å². The van der Waals surface area contributed by atoms with Gasteiger partial charge in [0.25, 0.3) is 0 Å². The van der Waals surface area contributed by atoms with Crippen LogP contribution in [0.15, 0.2) is 0 Å². The summed E-state index contributed by atoms with van der Waals surface area (Å²) in [5.74, 6) is 0. The first-order chi connectivity index (χ1) is 7.51. The Labute approximate surface area is 100 Å². The second-order valence-corrected chi connectivity index (χ2v) is 4.72. The molecule has 0 saturated heterocycles. The molecule has 0 aromatic carbocycles. The molecule has 98 valence electrons. The zero-order valence-electron chi connectivity index (χ0n) is 11.5. The minimum absolute atomic E-state index is 0.0112. The van der Waals surface area contributed by atoms with Crippen LogP contribution >= 0.6 is 0 Å². The second kappa shape index (κ2) is 8.01. The van der Waals surface area contributed by atoms with Gasteiger partial charge >= 0.3 is 0 Å². The van der Waals surface area contributed by atoms with E-state index in [0.29, 0.717) is 12.6 Å². The smallest absolute Gasteiger partial charge is 0.0590 e. The van der Waals surface area contributed by atoms with Gasteiger partial charge in [0.1, 0.15) is 0 Å². The predicted molar refractivity (Wildman–Crippen MR) is 67.7 cm³/mol. The largest absolute Gasteiger partial charge is 0.385 e. The van der Waals surface area contributed by atoms with Gasteiger partial charge in [0.2, 0.25) is 0 Å². The monoisotopic (exact) mass is 232 g/mol. The van der Waals surface area contributed by atoms with Crippen LogP contribution in [0.4, 0.5) is 0 Å². The van der Waals surface area contributed by atoms with E-state index in [2.05, 4.69) is 25.7 Å². The van der Waals surface area contributed by atoms with Crippen molar-refractivity contribution in [2.45, 2.75) is 38.8 Å². The van der Waals surface area contributed by atoms with E-state index in [1.807, 2.05) is 0 Å². The van der Waals surface area contributed by atoms with Crippen molar-refractivity contribution in [3.05, 3.63) is 0 Å². The fourth-order valence-electron chi connectivity index (χ4n) is 2.03. The third kappa shape index (κ3) is 4.78. The van der Waals surface area contributed by atoms with E-state index in [4.69, 9.17) is 15.2 Å². The summed E-state index contributed by atoms with van der Waals surface area (Å²) in [5.41, 5.74) is 5.91. The first-order valence-corrected chi connectivity index (χ1v) is 5.96. The van der Waals surface area contributed by atoms with Gasteiger partial charge in [0.15, 0.2) is 0 Å². The summed E-state index contributed by atoms with van der Waals surface area (Å²) >= 11 is 0. The summed E-state index contributed by atoms with van der Waals surface area (Å²) in [6.45, 7) is 9.60. The topological polar surface area (TPSA) is 47.7 Å². The first kappa shape index (κ1) is 15.8. The summed E-state index contributed by atoms with van der Waals surface area (Å²) in [7, 11) is 3.46. The summed E-state index contributed by atoms with van der Waals surface area (Å²) < 4.78 is 10.3. The van der Waals surface area contributed by atoms with E-state index in [1.165, 1.54) is 0 Å². The van der Waals surface area contributed by atoms with Crippen molar-refractivity contribution < 1.29 is 9.47 Å². The maximum Gasteiger partial charge on any atom is 0.0590 e. The molecular formula is C12H28N2O2. The van der Waals surface area contributed by atoms with Crippen LogP contribution in [0.25, 0.3) is 0 Å². The number of ether oxygens (including phenoxy) is 2. The fraction of sp³-hybridized carbons (Fsp3) is 1.00. The number of rotatable bonds is 9. The van der Waals surface area contributed by atoms with Crippen molar-refractivity contribution >= 4 is 0 Å². The lowest BCUT2D eigenvalue weighted by molar-refractivity contribution is 0.0238. The zero-order valence-corrected chi connectivity index (χ0v) is 11.5. The minimum Gasteiger partial charge on any atom is -0.385 e. The zero-order chi connectivity index (χ0) is 12.6. The Morgan fingerprint density at radius 1 is 1.19 bits per heavy atom. The lowest BCUT2D eigenvalue weighted by atomic mass is 9.94. The molecule has 0 amide bonds. The molecule has 0 radical (unpaired) electrons. The molecule has 1 unspecified atom stereocenters. The van der Waals surface area contributed by atoms with Gasteiger partial charge in [-0.25, -0.2) is 0 Å². The highest BCUT2D eigenvalue weighted by atomic mass is 16.5. The third-order valence-electron chi connectivity index (χ3n) is 3.14. The van der Waals surface area contributed by atoms with Crippen LogP contribution in [0.5, 0.6) is 0 Å². The molecule has 4 heteroatoms. The Balaban J connectivity index is 4.53. The van der Waals surface area contributed by atoms with E-state index >= 15 is 0 Å². The van der Waals surface area contributed by atoms with Crippen LogP contribution in [-0.2, 0) is 9.47 Å². The van der Waals surface area contributed by atoms with Gasteiger partial charge < -0.3 is 15.2 Å². The van der Waals surface area contributed by atoms with Crippen LogP contribution in [0.3, 0.4) is 0 Å². The molecule has 1 atom stereocenters. The highest BCUT2D eigenvalue weighted by Crippen LogP contribution is 2.21. The van der Waals surface area contributed by atoms with E-state index < -0.39 is 0 Å². The molecule has 0 aliphatic carbocycles. The van der Waals surface area contributed by atoms with Crippen molar-refractivity contribution in [3.63, 3.8) is 0 Å². The van der Waals surface area contributed by atoms with Gasteiger partial charge in [-0.1, -0.05) is 0 Å². The Bertz CT molecular complexity index is 176. The lowest BCUT2D eigenvalue weighted by Crippen LogP contribution is -2.56. The van der Waals surface area contributed by atoms with Crippen LogP contribution in [0, 0.1) is 0 Å². The maximum absolute atomic E-state index is 5.92. The third-order valence-corrected chi connectivity index (χ3v) is 3.14. The molecule has 0 aromatic rings. The number of methoxy groups -OCH3 is 2. The maximum atomic E-state index is 5.92. The Morgan fingerprint density at radius 3 is 2.12 bits per heavy atom. The average molecular weight is 232 g/mol. The molecule has 2 N–H and O–H groups in total. The van der Waals surface area contributed by atoms with Crippen LogP contribution < -0.4 is 5.73 Å². The van der Waals surface area contributed by atoms with E-state index in [0.717, 1.165) is 26.2 Å². The molecule has 0 saturated carbocycles. The highest BCUT2D eigenvalue weighted by molar-refractivity contribution is 4.89. The normalized spacial score (nSPS) is 15.8. The van der Waals surface area contributed by atoms with Crippen molar-refractivity contribution in [2.75, 3.05) is 40.5 Å². The van der Waals surface area contributed by atoms with Crippen molar-refractivity contribution in [2.24, 2.45) is 5.73 Å². The van der Waals surface area contributed by atoms with E-state index in [1.54, 1.807) is 14.2 Å². The molecule has 0 bridgehead atoms. The number of hydrogen-bond acceptors (Lipinski definition) is 4. The van der Waals surface area contributed by atoms with Gasteiger partial charge in [0, 0.05) is 45.5 Å². The molecule has 4 nitrogen and oxygen atoms in total. The molecule has 0 aliphatic heterocycles. The van der Waals surface area contributed by atoms with Crippen molar-refractivity contribution in [1.29, 1.82) is 0 Å². The average Bonchev–Trinajstić information content (AvgIpc) is 2.26. The van der Waals surface area contributed by atoms with Gasteiger partial charge in [0.05, 0.1) is 6.61 Å². The van der Waals surface area contributed by atoms with Crippen LogP contribution in [-0.4, -0.2) is 57.0 Å². The molecule has 0 aromatic heterocycles. The summed E-state index contributed by atoms with van der Waals surface area (Å²) in [4.78, 5) is 2.40. The molecule has 0 spiro atoms. The highest BCUT2D eigenvalue weighted by Gasteiger charge is 2.31. The summed E-state index contributed by atoms with van der Waals surface area (Å²) in [5, 5.41) is 0. The molecule has 16 heavy (non-hydrogen) atoms. The number of hydrogen-bond donors (Lipinski definition) is 1. The Morgan fingerprint density at radius 2 is 1.75 bits per heavy atom. The molecule has 0 heterocycles. The van der Waals surface area contributed by atoms with Gasteiger partial charge in [-0.15, -0.1) is 0 Å². The Kier molecular flexibility index (Phi) is 7.93. The Hall–Kier alpha value is -0.160. The summed E-state index contributed by atoms with van der Waals surface area (Å²) in [6, 6.07) is 0.459. The van der Waals surface area contributed by atoms with Crippen LogP contribution in [0.2, 0.25) is 0 Å². The standard InChI is InChI=1S/C12H28N2O2/c1-11(2)14(7-9-16-5)12(3,10-13)6-8-15-4/h11H,6-10,13H2,1-5H3. The summed E-state index contributed by atoms with van der Waals surface area (Å²) in [6.07, 6.45) is 0.946. The predicted octanol–water partition coefficient (Wildman–Crippen LogP) is 1.10. The first-order valence-electron chi connectivity index (χ1n) is 5.96. The molecule has 0 rings (SSSR count). The molecular weight excluding hydrogens is 204 g/mol. The second-order valence-electron chi connectivity index (χ2n) is 4.72. The fourth-order valence-corrected chi connectivity index (χ4v) is 2.03. The SMILES string of the molecule is COCCN(C(C)C)C(C)(CN)CCOC. The van der Waals surface area contributed by atoms with Gasteiger partial charge in [-0.05, 0) is 27.2 Å². The molecule has 0 aliphatic rings. The quantitative estimate of drug-likeness (QED) is 0.646. The number of nitrogens with two attached hydrogens (primary N) is 1. The van der Waals surface area contributed by atoms with Gasteiger partial charge in [-0.3, -0.25) is 4.90 Å². The number of nitrogens with zero attached hydrogens (tertiary/aromatic N) is 1. The van der Waals surface area contributed by atoms with Crippen LogP contribution in [0.1, 0.15) is 27.2 Å². The van der Waals surface area contributed by atoms with Gasteiger partial charge in [-0.2, -0.15) is 0 Å². The lowest BCUT2D eigenvalue weighted by Gasteiger charge is -2.43. The van der Waals surface area contributed by atoms with Crippen molar-refractivity contribution in [3.8, 4) is 0 Å². The minimum atomic E-state index is -0.0112. The van der Waals surface area contributed by atoms with Crippen molar-refractivity contribution in [1.82, 2.24) is 4.90 Å². The molecule has 0 fully saturated rings. The van der Waals surface area contributed by atoms with E-state index in [9.17, 15) is 0 Å².